The molecule has 0 unspecified atom stereocenters. The Labute approximate surface area is 74.9 Å². The number of aromatic nitrogens is 4. The van der Waals surface area contributed by atoms with E-state index >= 15 is 0 Å². The van der Waals surface area contributed by atoms with Gasteiger partial charge < -0.3 is 9.97 Å². The molecule has 0 saturated carbocycles. The smallest absolute Gasteiger partial charge is 0.0919 e. The summed E-state index contributed by atoms with van der Waals surface area (Å²) >= 11 is 0. The zero-order valence-corrected chi connectivity index (χ0v) is 6.60. The molecule has 0 aliphatic rings. The molecule has 0 spiro atoms. The zero-order valence-electron chi connectivity index (χ0n) is 5.66. The van der Waals surface area contributed by atoms with Gasteiger partial charge in [-0.2, -0.15) is 0 Å². The van der Waals surface area contributed by atoms with Crippen molar-refractivity contribution in [3.63, 3.8) is 0 Å². The van der Waals surface area contributed by atoms with E-state index in [-0.39, 0.29) is 17.1 Å². The Morgan fingerprint density at radius 2 is 1.27 bits per heavy atom. The van der Waals surface area contributed by atoms with Gasteiger partial charge in [-0.1, -0.05) is 0 Å². The van der Waals surface area contributed by atoms with Crippen LogP contribution in [-0.2, 0) is 17.1 Å². The van der Waals surface area contributed by atoms with E-state index in [0.29, 0.717) is 0 Å². The largest absolute Gasteiger partial charge is 0.351 e. The molecule has 2 aromatic heterocycles. The molecule has 0 amide bonds. The van der Waals surface area contributed by atoms with Crippen LogP contribution in [0, 0.1) is 0 Å². The molecule has 11 heavy (non-hydrogen) atoms. The van der Waals surface area contributed by atoms with Crippen LogP contribution in [0.2, 0.25) is 0 Å². The quantitative estimate of drug-likeness (QED) is 0.618. The molecule has 1 radical (unpaired) electrons. The second-order valence-electron chi connectivity index (χ2n) is 1.52. The van der Waals surface area contributed by atoms with E-state index in [1.54, 1.807) is 37.4 Å². The first-order valence-electron chi connectivity index (χ1n) is 2.85. The Morgan fingerprint density at radius 1 is 0.818 bits per heavy atom. The molecule has 0 aliphatic heterocycles. The van der Waals surface area contributed by atoms with E-state index in [1.165, 1.54) is 0 Å². The number of aromatic amines is 2. The minimum absolute atomic E-state index is 0. The molecule has 0 aliphatic carbocycles. The molecular weight excluding hydrogens is 192 g/mol. The molecule has 63 valence electrons. The van der Waals surface area contributed by atoms with Crippen molar-refractivity contribution in [3.8, 4) is 0 Å². The van der Waals surface area contributed by atoms with Crippen LogP contribution in [-0.4, -0.2) is 19.9 Å². The zero-order chi connectivity index (χ0) is 7.07. The van der Waals surface area contributed by atoms with Crippen molar-refractivity contribution in [1.82, 2.24) is 19.9 Å². The minimum atomic E-state index is 0. The van der Waals surface area contributed by atoms with Gasteiger partial charge in [0.15, 0.2) is 0 Å². The van der Waals surface area contributed by atoms with Gasteiger partial charge in [0.05, 0.1) is 12.7 Å². The van der Waals surface area contributed by atoms with Gasteiger partial charge in [0.1, 0.15) is 0 Å². The van der Waals surface area contributed by atoms with Crippen LogP contribution in [0.15, 0.2) is 37.4 Å². The Bertz CT molecular complexity index is 154. The van der Waals surface area contributed by atoms with E-state index in [9.17, 15) is 0 Å². The summed E-state index contributed by atoms with van der Waals surface area (Å²) in [5.41, 5.74) is 0. The van der Waals surface area contributed by atoms with Crippen molar-refractivity contribution >= 4 is 0 Å². The molecule has 2 N–H and O–H groups in total. The first kappa shape index (κ1) is 9.94. The van der Waals surface area contributed by atoms with Crippen LogP contribution >= 0.6 is 0 Å². The molecule has 4 nitrogen and oxygen atoms in total. The summed E-state index contributed by atoms with van der Waals surface area (Å²) < 4.78 is 0. The average molecular weight is 200 g/mol. The number of rotatable bonds is 0. The molecule has 5 heteroatoms. The van der Waals surface area contributed by atoms with Crippen LogP contribution < -0.4 is 0 Å². The number of hydrogen-bond acceptors (Lipinski definition) is 2. The Balaban J connectivity index is 0.000000167. The summed E-state index contributed by atoms with van der Waals surface area (Å²) in [5.74, 6) is 0. The summed E-state index contributed by atoms with van der Waals surface area (Å²) in [6.45, 7) is 0. The Kier molecular flexibility index (Phi) is 6.37. The van der Waals surface area contributed by atoms with E-state index < -0.39 is 0 Å². The summed E-state index contributed by atoms with van der Waals surface area (Å²) in [5, 5.41) is 0. The third-order valence-corrected chi connectivity index (χ3v) is 0.812. The van der Waals surface area contributed by atoms with E-state index in [0.717, 1.165) is 0 Å². The predicted molar refractivity (Wildman–Crippen MR) is 37.2 cm³/mol. The molecule has 2 rings (SSSR count). The third-order valence-electron chi connectivity index (χ3n) is 0.812. The number of imidazole rings is 2. The molecule has 0 saturated heterocycles. The maximum absolute atomic E-state index is 3.67. The first-order chi connectivity index (χ1) is 5.00. The number of nitrogens with one attached hydrogen (secondary N) is 2. The van der Waals surface area contributed by atoms with Gasteiger partial charge in [-0.15, -0.1) is 0 Å². The molecular formula is C6H8CuN4. The Hall–Kier alpha value is -1.06. The second-order valence-corrected chi connectivity index (χ2v) is 1.52. The summed E-state index contributed by atoms with van der Waals surface area (Å²) in [6, 6.07) is 0. The minimum Gasteiger partial charge on any atom is -0.351 e. The van der Waals surface area contributed by atoms with Crippen LogP contribution in [0.1, 0.15) is 0 Å². The van der Waals surface area contributed by atoms with Gasteiger partial charge in [0.2, 0.25) is 0 Å². The molecule has 0 bridgehead atoms. The summed E-state index contributed by atoms with van der Waals surface area (Å²) in [6.07, 6.45) is 10.2. The number of nitrogens with zero attached hydrogens (tertiary/aromatic N) is 2. The monoisotopic (exact) mass is 199 g/mol. The van der Waals surface area contributed by atoms with Gasteiger partial charge in [0, 0.05) is 41.9 Å². The molecule has 0 aromatic carbocycles. The number of hydrogen-bond donors (Lipinski definition) is 2. The van der Waals surface area contributed by atoms with Crippen molar-refractivity contribution < 1.29 is 17.1 Å². The summed E-state index contributed by atoms with van der Waals surface area (Å²) in [4.78, 5) is 12.8. The maximum Gasteiger partial charge on any atom is 0.0919 e. The van der Waals surface area contributed by atoms with Crippen molar-refractivity contribution in [2.45, 2.75) is 0 Å². The molecule has 2 aromatic rings. The van der Waals surface area contributed by atoms with Crippen molar-refractivity contribution in [1.29, 1.82) is 0 Å². The van der Waals surface area contributed by atoms with E-state index in [1.807, 2.05) is 0 Å². The average Bonchev–Trinajstić information content (AvgIpc) is 2.67. The fourth-order valence-corrected chi connectivity index (χ4v) is 0.430. The molecule has 0 fully saturated rings. The van der Waals surface area contributed by atoms with Crippen LogP contribution in [0.3, 0.4) is 0 Å². The topological polar surface area (TPSA) is 57.4 Å². The third kappa shape index (κ3) is 5.39. The molecule has 2 heterocycles. The van der Waals surface area contributed by atoms with Crippen LogP contribution in [0.5, 0.6) is 0 Å². The van der Waals surface area contributed by atoms with Crippen LogP contribution in [0.25, 0.3) is 0 Å². The standard InChI is InChI=1S/2C3H4N2.Cu/c2*1-2-5-3-4-1;/h2*1-3H,(H,4,5);. The van der Waals surface area contributed by atoms with Crippen molar-refractivity contribution in [2.24, 2.45) is 0 Å². The van der Waals surface area contributed by atoms with Crippen molar-refractivity contribution in [3.05, 3.63) is 37.4 Å². The van der Waals surface area contributed by atoms with Crippen LogP contribution in [0.4, 0.5) is 0 Å². The molecule has 0 atom stereocenters. The first-order valence-corrected chi connectivity index (χ1v) is 2.85. The fraction of sp³-hybridized carbons (Fsp3) is 0. The normalized spacial score (nSPS) is 7.27. The van der Waals surface area contributed by atoms with Gasteiger partial charge in [0.25, 0.3) is 0 Å². The van der Waals surface area contributed by atoms with E-state index in [4.69, 9.17) is 0 Å². The maximum atomic E-state index is 3.67. The number of H-pyrrole nitrogens is 2. The van der Waals surface area contributed by atoms with Crippen molar-refractivity contribution in [2.75, 3.05) is 0 Å². The SMILES string of the molecule is [Cu].c1c[nH]cn1.c1c[nH]cn1. The Morgan fingerprint density at radius 3 is 1.36 bits per heavy atom. The predicted octanol–water partition coefficient (Wildman–Crippen LogP) is 0.817. The fourth-order valence-electron chi connectivity index (χ4n) is 0.430. The summed E-state index contributed by atoms with van der Waals surface area (Å²) in [7, 11) is 0. The van der Waals surface area contributed by atoms with Gasteiger partial charge in [-0.25, -0.2) is 9.97 Å². The van der Waals surface area contributed by atoms with Gasteiger partial charge >= 0.3 is 0 Å². The van der Waals surface area contributed by atoms with Gasteiger partial charge in [-0.05, 0) is 0 Å². The van der Waals surface area contributed by atoms with Gasteiger partial charge in [-0.3, -0.25) is 0 Å². The second kappa shape index (κ2) is 7.05. The van der Waals surface area contributed by atoms with E-state index in [2.05, 4.69) is 19.9 Å².